The van der Waals surface area contributed by atoms with Gasteiger partial charge in [0, 0.05) is 25.2 Å². The van der Waals surface area contributed by atoms with Gasteiger partial charge in [0.15, 0.2) is 0 Å². The number of ether oxygens (including phenoxy) is 5. The predicted molar refractivity (Wildman–Crippen MR) is 84.0 cm³/mol. The maximum atomic E-state index is 11.6. The van der Waals surface area contributed by atoms with Crippen LogP contribution in [0.25, 0.3) is 0 Å². The van der Waals surface area contributed by atoms with E-state index in [2.05, 4.69) is 13.2 Å². The standard InChI is InChI=1S/C16H26O7/c1-5-15(17)23-14(3)12-21-10-11-22-16(18)13(2)6-7-20-9-8-19-4/h5,14H,1-2,6-12H2,3-4H3. The maximum absolute atomic E-state index is 11.6. The van der Waals surface area contributed by atoms with Crippen molar-refractivity contribution in [3.8, 4) is 0 Å². The van der Waals surface area contributed by atoms with Crippen LogP contribution in [-0.2, 0) is 33.3 Å². The molecule has 7 heteroatoms. The molecule has 0 amide bonds. The molecule has 0 rings (SSSR count). The van der Waals surface area contributed by atoms with E-state index >= 15 is 0 Å². The second-order valence-corrected chi connectivity index (χ2v) is 4.62. The van der Waals surface area contributed by atoms with Crippen molar-refractivity contribution in [3.63, 3.8) is 0 Å². The van der Waals surface area contributed by atoms with Gasteiger partial charge in [-0.2, -0.15) is 0 Å². The average Bonchev–Trinajstić information content (AvgIpc) is 2.53. The summed E-state index contributed by atoms with van der Waals surface area (Å²) >= 11 is 0. The Morgan fingerprint density at radius 1 is 1.09 bits per heavy atom. The lowest BCUT2D eigenvalue weighted by atomic mass is 10.2. The van der Waals surface area contributed by atoms with E-state index in [1.54, 1.807) is 14.0 Å². The zero-order chi connectivity index (χ0) is 17.5. The molecule has 0 N–H and O–H groups in total. The smallest absolute Gasteiger partial charge is 0.333 e. The first kappa shape index (κ1) is 21.3. The third kappa shape index (κ3) is 12.5. The summed E-state index contributed by atoms with van der Waals surface area (Å²) in [6.45, 7) is 10.5. The molecule has 0 bridgehead atoms. The highest BCUT2D eigenvalue weighted by atomic mass is 16.6. The lowest BCUT2D eigenvalue weighted by molar-refractivity contribution is -0.145. The molecule has 7 nitrogen and oxygen atoms in total. The van der Waals surface area contributed by atoms with Crippen LogP contribution in [0.1, 0.15) is 13.3 Å². The lowest BCUT2D eigenvalue weighted by Crippen LogP contribution is -2.21. The molecule has 0 aromatic carbocycles. The molecule has 0 saturated carbocycles. The van der Waals surface area contributed by atoms with Gasteiger partial charge in [-0.25, -0.2) is 9.59 Å². The van der Waals surface area contributed by atoms with Crippen LogP contribution in [-0.4, -0.2) is 64.8 Å². The van der Waals surface area contributed by atoms with Crippen molar-refractivity contribution in [2.24, 2.45) is 0 Å². The molecule has 132 valence electrons. The summed E-state index contributed by atoms with van der Waals surface area (Å²) < 4.78 is 25.2. The third-order valence-electron chi connectivity index (χ3n) is 2.57. The molecule has 0 aliphatic rings. The van der Waals surface area contributed by atoms with Crippen LogP contribution in [0.5, 0.6) is 0 Å². The normalized spacial score (nSPS) is 11.6. The lowest BCUT2D eigenvalue weighted by Gasteiger charge is -2.12. The Balaban J connectivity index is 3.60. The topological polar surface area (TPSA) is 80.3 Å². The quantitative estimate of drug-likeness (QED) is 0.269. The number of carbonyl (C=O) groups is 2. The fourth-order valence-corrected chi connectivity index (χ4v) is 1.37. The largest absolute Gasteiger partial charge is 0.460 e. The summed E-state index contributed by atoms with van der Waals surface area (Å²) in [7, 11) is 1.59. The van der Waals surface area contributed by atoms with Gasteiger partial charge >= 0.3 is 11.9 Å². The number of methoxy groups -OCH3 is 1. The fraction of sp³-hybridized carbons (Fsp3) is 0.625. The van der Waals surface area contributed by atoms with Gasteiger partial charge in [-0.05, 0) is 6.92 Å². The Kier molecular flexibility index (Phi) is 12.9. The minimum absolute atomic E-state index is 0.102. The summed E-state index contributed by atoms with van der Waals surface area (Å²) in [6.07, 6.45) is 1.09. The highest BCUT2D eigenvalue weighted by Gasteiger charge is 2.09. The zero-order valence-electron chi connectivity index (χ0n) is 13.9. The molecule has 1 atom stereocenters. The van der Waals surface area contributed by atoms with Gasteiger partial charge in [-0.3, -0.25) is 0 Å². The molecule has 0 aliphatic heterocycles. The molecule has 0 radical (unpaired) electrons. The van der Waals surface area contributed by atoms with Crippen LogP contribution >= 0.6 is 0 Å². The number of esters is 2. The van der Waals surface area contributed by atoms with Crippen LogP contribution in [0.3, 0.4) is 0 Å². The molecule has 0 aromatic rings. The summed E-state index contributed by atoms with van der Waals surface area (Å²) in [4.78, 5) is 22.5. The van der Waals surface area contributed by atoms with Crippen molar-refractivity contribution in [2.75, 3.05) is 46.8 Å². The van der Waals surface area contributed by atoms with E-state index in [-0.39, 0.29) is 19.8 Å². The minimum atomic E-state index is -0.503. The van der Waals surface area contributed by atoms with Crippen molar-refractivity contribution in [1.82, 2.24) is 0 Å². The van der Waals surface area contributed by atoms with E-state index in [0.29, 0.717) is 31.8 Å². The van der Waals surface area contributed by atoms with E-state index in [9.17, 15) is 9.59 Å². The van der Waals surface area contributed by atoms with Crippen LogP contribution in [0.15, 0.2) is 24.8 Å². The van der Waals surface area contributed by atoms with Gasteiger partial charge in [0.25, 0.3) is 0 Å². The van der Waals surface area contributed by atoms with Crippen LogP contribution in [0.2, 0.25) is 0 Å². The van der Waals surface area contributed by atoms with Crippen LogP contribution in [0.4, 0.5) is 0 Å². The van der Waals surface area contributed by atoms with Gasteiger partial charge < -0.3 is 23.7 Å². The Morgan fingerprint density at radius 2 is 1.78 bits per heavy atom. The van der Waals surface area contributed by atoms with Gasteiger partial charge in [-0.1, -0.05) is 13.2 Å². The first-order chi connectivity index (χ1) is 11.0. The van der Waals surface area contributed by atoms with Crippen molar-refractivity contribution in [2.45, 2.75) is 19.4 Å². The molecule has 0 aliphatic carbocycles. The monoisotopic (exact) mass is 330 g/mol. The number of hydrogen-bond acceptors (Lipinski definition) is 7. The number of rotatable bonds is 14. The van der Waals surface area contributed by atoms with E-state index in [4.69, 9.17) is 23.7 Å². The highest BCUT2D eigenvalue weighted by molar-refractivity contribution is 5.87. The molecule has 0 saturated heterocycles. The van der Waals surface area contributed by atoms with E-state index in [1.165, 1.54) is 0 Å². The van der Waals surface area contributed by atoms with E-state index in [1.807, 2.05) is 0 Å². The SMILES string of the molecule is C=CC(=O)OC(C)COCCOC(=O)C(=C)CCOCCOC. The Morgan fingerprint density at radius 3 is 2.43 bits per heavy atom. The second-order valence-electron chi connectivity index (χ2n) is 4.62. The first-order valence-electron chi connectivity index (χ1n) is 7.33. The van der Waals surface area contributed by atoms with Crippen molar-refractivity contribution in [1.29, 1.82) is 0 Å². The fourth-order valence-electron chi connectivity index (χ4n) is 1.37. The third-order valence-corrected chi connectivity index (χ3v) is 2.57. The number of carbonyl (C=O) groups excluding carboxylic acids is 2. The summed E-state index contributed by atoms with van der Waals surface area (Å²) in [6, 6.07) is 0. The molecule has 0 aromatic heterocycles. The van der Waals surface area contributed by atoms with E-state index in [0.717, 1.165) is 6.08 Å². The Labute approximate surface area is 137 Å². The molecule has 1 unspecified atom stereocenters. The summed E-state index contributed by atoms with van der Waals surface area (Å²) in [5.74, 6) is -0.980. The van der Waals surface area contributed by atoms with Gasteiger partial charge in [0.1, 0.15) is 12.7 Å². The van der Waals surface area contributed by atoms with Gasteiger partial charge in [-0.15, -0.1) is 0 Å². The van der Waals surface area contributed by atoms with Crippen LogP contribution in [0, 0.1) is 0 Å². The van der Waals surface area contributed by atoms with Gasteiger partial charge in [0.2, 0.25) is 0 Å². The predicted octanol–water partition coefficient (Wildman–Crippen LogP) is 1.27. The maximum Gasteiger partial charge on any atom is 0.333 e. The molecule has 0 fully saturated rings. The summed E-state index contributed by atoms with van der Waals surface area (Å²) in [5, 5.41) is 0. The summed E-state index contributed by atoms with van der Waals surface area (Å²) in [5.41, 5.74) is 0.343. The van der Waals surface area contributed by atoms with E-state index < -0.39 is 18.0 Å². The van der Waals surface area contributed by atoms with Crippen molar-refractivity contribution < 1.29 is 33.3 Å². The molecular weight excluding hydrogens is 304 g/mol. The first-order valence-corrected chi connectivity index (χ1v) is 7.33. The van der Waals surface area contributed by atoms with Crippen molar-refractivity contribution in [3.05, 3.63) is 24.8 Å². The Bertz CT molecular complexity index is 379. The van der Waals surface area contributed by atoms with Gasteiger partial charge in [0.05, 0.1) is 33.0 Å². The molecule has 23 heavy (non-hydrogen) atoms. The second kappa shape index (κ2) is 13.9. The van der Waals surface area contributed by atoms with Crippen molar-refractivity contribution >= 4 is 11.9 Å². The minimum Gasteiger partial charge on any atom is -0.460 e. The molecule has 0 spiro atoms. The number of hydrogen-bond donors (Lipinski definition) is 0. The van der Waals surface area contributed by atoms with Crippen LogP contribution < -0.4 is 0 Å². The average molecular weight is 330 g/mol. The molecular formula is C16H26O7. The highest BCUT2D eigenvalue weighted by Crippen LogP contribution is 2.02. The molecule has 0 heterocycles. The zero-order valence-corrected chi connectivity index (χ0v) is 13.9. The Hall–Kier alpha value is -1.70.